The predicted octanol–water partition coefficient (Wildman–Crippen LogP) is 21.4. The summed E-state index contributed by atoms with van der Waals surface area (Å²) in [5.74, 6) is -2.26. The fraction of sp³-hybridized carbons (Fsp3) is 0.829. The van der Waals surface area contributed by atoms with E-state index in [9.17, 15) is 19.5 Å². The van der Waals surface area contributed by atoms with Crippen LogP contribution in [0.2, 0.25) is 0 Å². The maximum atomic E-state index is 12.9. The van der Waals surface area contributed by atoms with Gasteiger partial charge in [-0.2, -0.15) is 0 Å². The van der Waals surface area contributed by atoms with Gasteiger partial charge in [-0.3, -0.25) is 9.59 Å². The van der Waals surface area contributed by atoms with E-state index < -0.39 is 24.3 Å². The van der Waals surface area contributed by atoms with E-state index in [0.29, 0.717) is 23.9 Å². The summed E-state index contributed by atoms with van der Waals surface area (Å²) in [5, 5.41) is 11.8. The second kappa shape index (κ2) is 66.9. The number of carbonyl (C=O) groups is 3. The highest BCUT2D eigenvalue weighted by Crippen LogP contribution is 2.19. The molecule has 0 fully saturated rings. The molecule has 496 valence electrons. The Kier molecular flexibility index (Phi) is 64.6. The molecule has 0 bridgehead atoms. The molecule has 0 spiro atoms. The van der Waals surface area contributed by atoms with Crippen LogP contribution < -0.4 is 5.11 Å². The number of carboxylic acid groups (broad SMARTS) is 1. The van der Waals surface area contributed by atoms with Crippen molar-refractivity contribution in [3.05, 3.63) is 60.8 Å². The van der Waals surface area contributed by atoms with Crippen LogP contribution in [0, 0.1) is 0 Å². The number of aliphatic carboxylic acids is 1. The number of nitrogens with zero attached hydrogens (tertiary/aromatic N) is 1. The minimum atomic E-state index is -1.62. The molecule has 0 rings (SSSR count). The number of unbranched alkanes of at least 4 members (excludes halogenated alkanes) is 43. The topological polar surface area (TPSA) is 111 Å². The summed E-state index contributed by atoms with van der Waals surface area (Å²) in [6.45, 7) is 4.70. The van der Waals surface area contributed by atoms with Crippen LogP contribution in [0.3, 0.4) is 0 Å². The van der Waals surface area contributed by atoms with Crippen LogP contribution in [0.5, 0.6) is 0 Å². The molecule has 0 aliphatic carbocycles. The number of likely N-dealkylation sites (N-methyl/N-ethyl adjacent to an activating group) is 1. The normalized spacial score (nSPS) is 13.0. The number of hydrogen-bond donors (Lipinski definition) is 0. The molecule has 0 saturated heterocycles. The molecule has 2 atom stereocenters. The molecule has 2 unspecified atom stereocenters. The lowest BCUT2D eigenvalue weighted by Crippen LogP contribution is -2.44. The molecular formula is C76H139NO8. The first kappa shape index (κ1) is 82.0. The molecule has 0 radical (unpaired) electrons. The van der Waals surface area contributed by atoms with E-state index in [1.807, 2.05) is 21.1 Å². The van der Waals surface area contributed by atoms with Gasteiger partial charge in [-0.05, 0) is 57.8 Å². The van der Waals surface area contributed by atoms with Crippen LogP contribution in [-0.2, 0) is 33.3 Å². The molecular weight excluding hydrogens is 1050 g/mol. The Balaban J connectivity index is 4.03. The lowest BCUT2D eigenvalue weighted by Gasteiger charge is -2.26. The average Bonchev–Trinajstić information content (AvgIpc) is 3.48. The molecule has 0 heterocycles. The van der Waals surface area contributed by atoms with Crippen LogP contribution >= 0.6 is 0 Å². The second-order valence-corrected chi connectivity index (χ2v) is 25.9. The lowest BCUT2D eigenvalue weighted by atomic mass is 10.0. The van der Waals surface area contributed by atoms with Gasteiger partial charge < -0.3 is 33.3 Å². The number of carboxylic acids is 1. The average molecular weight is 1190 g/mol. The predicted molar refractivity (Wildman–Crippen MR) is 362 cm³/mol. The van der Waals surface area contributed by atoms with Gasteiger partial charge in [0.05, 0.1) is 40.3 Å². The van der Waals surface area contributed by atoms with E-state index in [1.165, 1.54) is 250 Å². The molecule has 0 aliphatic heterocycles. The number of rotatable bonds is 68. The quantitative estimate of drug-likeness (QED) is 0.0195. The maximum absolute atomic E-state index is 12.9. The summed E-state index contributed by atoms with van der Waals surface area (Å²) in [6.07, 6.45) is 84.6. The van der Waals surface area contributed by atoms with E-state index in [1.54, 1.807) is 0 Å². The standard InChI is InChI=1S/C76H139NO8/c1-6-8-10-12-14-16-18-20-22-24-26-28-30-32-33-34-35-36-37-38-39-40-41-43-45-47-49-51-53-55-57-59-61-63-65-67-74(79)85-72(71-84-76(75(80)81)82-69-68-77(3,4)5)70-83-73(78)66-64-62-60-58-56-54-52-50-48-46-44-42-31-29-27-25-23-21-19-17-15-13-11-9-7-2/h8,10,14,16,20,22,26,28,32-33,72,76H,6-7,9,11-13,15,17-19,21,23-25,27,29-31,34-71H2,1-5H3/b10-8-,16-14-,22-20-,28-26-,33-32-. The van der Waals surface area contributed by atoms with Gasteiger partial charge in [0, 0.05) is 12.8 Å². The van der Waals surface area contributed by atoms with E-state index in [0.717, 1.165) is 64.2 Å². The summed E-state index contributed by atoms with van der Waals surface area (Å²) < 4.78 is 22.8. The van der Waals surface area contributed by atoms with Crippen LogP contribution in [0.1, 0.15) is 348 Å². The summed E-state index contributed by atoms with van der Waals surface area (Å²) in [7, 11) is 5.94. The summed E-state index contributed by atoms with van der Waals surface area (Å²) in [6, 6.07) is 0. The first-order valence-electron chi connectivity index (χ1n) is 36.4. The van der Waals surface area contributed by atoms with Gasteiger partial charge in [-0.15, -0.1) is 0 Å². The highest BCUT2D eigenvalue weighted by molar-refractivity contribution is 5.70. The molecule has 85 heavy (non-hydrogen) atoms. The van der Waals surface area contributed by atoms with Crippen LogP contribution in [0.25, 0.3) is 0 Å². The Morgan fingerprint density at radius 3 is 1.00 bits per heavy atom. The highest BCUT2D eigenvalue weighted by Gasteiger charge is 2.22. The molecule has 9 nitrogen and oxygen atoms in total. The van der Waals surface area contributed by atoms with Gasteiger partial charge in [0.2, 0.25) is 0 Å². The Morgan fingerprint density at radius 2 is 0.671 bits per heavy atom. The number of quaternary nitrogens is 1. The molecule has 0 aliphatic rings. The summed E-state index contributed by atoms with van der Waals surface area (Å²) in [4.78, 5) is 37.5. The van der Waals surface area contributed by atoms with Crippen molar-refractivity contribution in [3.8, 4) is 0 Å². The molecule has 0 saturated carbocycles. The van der Waals surface area contributed by atoms with Crippen molar-refractivity contribution < 1.29 is 42.9 Å². The number of esters is 2. The second-order valence-electron chi connectivity index (χ2n) is 25.9. The third kappa shape index (κ3) is 68.3. The van der Waals surface area contributed by atoms with Crippen molar-refractivity contribution in [1.29, 1.82) is 0 Å². The van der Waals surface area contributed by atoms with Crippen LogP contribution in [0.15, 0.2) is 60.8 Å². The van der Waals surface area contributed by atoms with Gasteiger partial charge >= 0.3 is 11.9 Å². The Bertz CT molecular complexity index is 1580. The minimum absolute atomic E-state index is 0.150. The van der Waals surface area contributed by atoms with Gasteiger partial charge in [-0.1, -0.05) is 338 Å². The van der Waals surface area contributed by atoms with E-state index >= 15 is 0 Å². The first-order chi connectivity index (χ1) is 41.6. The molecule has 9 heteroatoms. The lowest BCUT2D eigenvalue weighted by molar-refractivity contribution is -0.870. The molecule has 0 aromatic rings. The smallest absolute Gasteiger partial charge is 0.306 e. The van der Waals surface area contributed by atoms with Crippen molar-refractivity contribution in [2.75, 3.05) is 47.5 Å². The Hall–Kier alpha value is -3.01. The van der Waals surface area contributed by atoms with Crippen molar-refractivity contribution in [2.45, 2.75) is 360 Å². The zero-order valence-electron chi connectivity index (χ0n) is 56.7. The van der Waals surface area contributed by atoms with Crippen molar-refractivity contribution in [2.24, 2.45) is 0 Å². The monoisotopic (exact) mass is 1190 g/mol. The van der Waals surface area contributed by atoms with Crippen molar-refractivity contribution in [1.82, 2.24) is 0 Å². The molecule has 0 aromatic carbocycles. The summed E-state index contributed by atoms with van der Waals surface area (Å²) >= 11 is 0. The SMILES string of the molecule is CC/C=C\C/C=C\C/C=C\C/C=C\C/C=C\CCCCCCCCCCCCCCCCCCCCCC(=O)OC(COC(=O)CCCCCCCCCCCCCCCCCCCCCCCCCCC)COC(OCC[N+](C)(C)C)C(=O)[O-]. The summed E-state index contributed by atoms with van der Waals surface area (Å²) in [5.41, 5.74) is 0. The third-order valence-corrected chi connectivity index (χ3v) is 16.3. The zero-order chi connectivity index (χ0) is 61.9. The number of ether oxygens (including phenoxy) is 4. The zero-order valence-corrected chi connectivity index (χ0v) is 56.7. The Labute approximate surface area is 526 Å². The number of carbonyl (C=O) groups excluding carboxylic acids is 3. The van der Waals surface area contributed by atoms with Gasteiger partial charge in [-0.25, -0.2) is 0 Å². The van der Waals surface area contributed by atoms with E-state index in [-0.39, 0.29) is 32.2 Å². The van der Waals surface area contributed by atoms with Gasteiger partial charge in [0.15, 0.2) is 12.4 Å². The maximum Gasteiger partial charge on any atom is 0.306 e. The van der Waals surface area contributed by atoms with Gasteiger partial charge in [0.1, 0.15) is 13.2 Å². The first-order valence-corrected chi connectivity index (χ1v) is 36.4. The largest absolute Gasteiger partial charge is 0.545 e. The van der Waals surface area contributed by atoms with Crippen LogP contribution in [0.4, 0.5) is 0 Å². The third-order valence-electron chi connectivity index (χ3n) is 16.3. The Morgan fingerprint density at radius 1 is 0.365 bits per heavy atom. The van der Waals surface area contributed by atoms with Crippen molar-refractivity contribution >= 4 is 17.9 Å². The molecule has 0 aromatic heterocycles. The van der Waals surface area contributed by atoms with Crippen LogP contribution in [-0.4, -0.2) is 82.3 Å². The number of hydrogen-bond acceptors (Lipinski definition) is 8. The molecule has 0 amide bonds. The van der Waals surface area contributed by atoms with Gasteiger partial charge in [0.25, 0.3) is 0 Å². The fourth-order valence-corrected chi connectivity index (χ4v) is 10.7. The number of allylic oxidation sites excluding steroid dienone is 10. The van der Waals surface area contributed by atoms with Crippen molar-refractivity contribution in [3.63, 3.8) is 0 Å². The van der Waals surface area contributed by atoms with E-state index in [4.69, 9.17) is 18.9 Å². The highest BCUT2D eigenvalue weighted by atomic mass is 16.7. The molecule has 0 N–H and O–H groups in total. The fourth-order valence-electron chi connectivity index (χ4n) is 10.7. The minimum Gasteiger partial charge on any atom is -0.545 e. The van der Waals surface area contributed by atoms with E-state index in [2.05, 4.69) is 74.6 Å².